The predicted octanol–water partition coefficient (Wildman–Crippen LogP) is 4.25. The van der Waals surface area contributed by atoms with E-state index in [4.69, 9.17) is 15.9 Å². The van der Waals surface area contributed by atoms with Crippen molar-refractivity contribution in [2.24, 2.45) is 5.16 Å². The van der Waals surface area contributed by atoms with E-state index in [9.17, 15) is 8.42 Å². The van der Waals surface area contributed by atoms with E-state index < -0.39 is 10.1 Å². The van der Waals surface area contributed by atoms with Gasteiger partial charge in [-0.3, -0.25) is 4.28 Å². The molecular formula is C16H14ClNO3S2. The summed E-state index contributed by atoms with van der Waals surface area (Å²) in [5.74, 6) is 0. The molecule has 1 heterocycles. The zero-order valence-corrected chi connectivity index (χ0v) is 14.9. The van der Waals surface area contributed by atoms with Crippen molar-refractivity contribution in [3.05, 3.63) is 58.6 Å². The predicted molar refractivity (Wildman–Crippen MR) is 92.8 cm³/mol. The summed E-state index contributed by atoms with van der Waals surface area (Å²) in [6, 6.07) is 11.9. The number of aryl methyl sites for hydroxylation is 1. The number of oxime groups is 1. The van der Waals surface area contributed by atoms with Crippen LogP contribution in [-0.4, -0.2) is 19.4 Å². The minimum absolute atomic E-state index is 0.00307. The maximum absolute atomic E-state index is 12.2. The van der Waals surface area contributed by atoms with Crippen LogP contribution in [0.15, 0.2) is 57.4 Å². The molecule has 2 aromatic rings. The fourth-order valence-corrected chi connectivity index (χ4v) is 4.24. The summed E-state index contributed by atoms with van der Waals surface area (Å²) < 4.78 is 29.4. The molecule has 23 heavy (non-hydrogen) atoms. The van der Waals surface area contributed by atoms with Crippen molar-refractivity contribution in [1.29, 1.82) is 0 Å². The smallest absolute Gasteiger partial charge is 0.264 e. The number of benzene rings is 2. The van der Waals surface area contributed by atoms with Crippen molar-refractivity contribution in [3.63, 3.8) is 0 Å². The van der Waals surface area contributed by atoms with Gasteiger partial charge in [0.1, 0.15) is 10.6 Å². The summed E-state index contributed by atoms with van der Waals surface area (Å²) in [6.45, 7) is 3.83. The molecule has 0 spiro atoms. The topological polar surface area (TPSA) is 55.7 Å². The van der Waals surface area contributed by atoms with Crippen LogP contribution in [-0.2, 0) is 14.4 Å². The second-order valence-electron chi connectivity index (χ2n) is 5.22. The van der Waals surface area contributed by atoms with Crippen LogP contribution < -0.4 is 0 Å². The number of hydrogen-bond acceptors (Lipinski definition) is 5. The number of halogens is 1. The van der Waals surface area contributed by atoms with E-state index in [0.717, 1.165) is 16.0 Å². The zero-order valence-electron chi connectivity index (χ0n) is 12.5. The quantitative estimate of drug-likeness (QED) is 0.761. The lowest BCUT2D eigenvalue weighted by molar-refractivity contribution is 0.338. The molecule has 120 valence electrons. The van der Waals surface area contributed by atoms with E-state index in [1.807, 2.05) is 19.9 Å². The Morgan fingerprint density at radius 2 is 1.87 bits per heavy atom. The normalized spacial score (nSPS) is 18.9. The van der Waals surface area contributed by atoms with Crippen molar-refractivity contribution < 1.29 is 12.7 Å². The van der Waals surface area contributed by atoms with E-state index in [0.29, 0.717) is 10.7 Å². The highest BCUT2D eigenvalue weighted by Crippen LogP contribution is 2.38. The molecule has 0 radical (unpaired) electrons. The van der Waals surface area contributed by atoms with Gasteiger partial charge in [0, 0.05) is 15.5 Å². The van der Waals surface area contributed by atoms with Gasteiger partial charge in [-0.15, -0.1) is 11.8 Å². The molecule has 1 atom stereocenters. The van der Waals surface area contributed by atoms with Crippen LogP contribution in [0.2, 0.25) is 5.02 Å². The minimum atomic E-state index is -3.93. The third kappa shape index (κ3) is 3.39. The first-order chi connectivity index (χ1) is 10.9. The Hall–Kier alpha value is -1.50. The van der Waals surface area contributed by atoms with E-state index in [1.54, 1.807) is 36.0 Å². The molecule has 3 rings (SSSR count). The van der Waals surface area contributed by atoms with Gasteiger partial charge in [0.25, 0.3) is 0 Å². The monoisotopic (exact) mass is 367 g/mol. The second-order valence-corrected chi connectivity index (χ2v) is 8.57. The Labute approximate surface area is 144 Å². The van der Waals surface area contributed by atoms with Gasteiger partial charge in [0.05, 0.1) is 5.25 Å². The number of nitrogens with zero attached hydrogens (tertiary/aromatic N) is 1. The minimum Gasteiger partial charge on any atom is -0.264 e. The van der Waals surface area contributed by atoms with E-state index >= 15 is 0 Å². The SMILES string of the molecule is Cc1ccc(S(=O)(=O)O/N=C2/c3cc(Cl)ccc3SC2C)cc1. The van der Waals surface area contributed by atoms with Gasteiger partial charge in [-0.1, -0.05) is 34.5 Å². The van der Waals surface area contributed by atoms with Crippen molar-refractivity contribution >= 4 is 39.2 Å². The molecule has 0 amide bonds. The Bertz CT molecular complexity index is 877. The van der Waals surface area contributed by atoms with Crippen LogP contribution in [0.1, 0.15) is 18.1 Å². The largest absolute Gasteiger partial charge is 0.358 e. The van der Waals surface area contributed by atoms with Gasteiger partial charge >= 0.3 is 10.1 Å². The molecule has 7 heteroatoms. The average Bonchev–Trinajstić information content (AvgIpc) is 2.80. The van der Waals surface area contributed by atoms with Crippen LogP contribution >= 0.6 is 23.4 Å². The number of thioether (sulfide) groups is 1. The summed E-state index contributed by atoms with van der Waals surface area (Å²) in [4.78, 5) is 1.09. The average molecular weight is 368 g/mol. The van der Waals surface area contributed by atoms with E-state index in [2.05, 4.69) is 5.16 Å². The number of hydrogen-bond donors (Lipinski definition) is 0. The van der Waals surface area contributed by atoms with Crippen LogP contribution in [0.5, 0.6) is 0 Å². The maximum atomic E-state index is 12.2. The van der Waals surface area contributed by atoms with E-state index in [-0.39, 0.29) is 10.1 Å². The molecular weight excluding hydrogens is 354 g/mol. The maximum Gasteiger partial charge on any atom is 0.358 e. The molecule has 0 saturated heterocycles. The highest BCUT2D eigenvalue weighted by Gasteiger charge is 2.28. The molecule has 0 bridgehead atoms. The first kappa shape index (κ1) is 16.4. The van der Waals surface area contributed by atoms with Crippen LogP contribution in [0.3, 0.4) is 0 Å². The lowest BCUT2D eigenvalue weighted by atomic mass is 10.1. The number of rotatable bonds is 3. The standard InChI is InChI=1S/C16H14ClNO3S2/c1-10-3-6-13(7-4-10)23(19,20)21-18-16-11(2)22-15-8-5-12(17)9-14(15)16/h3-9,11H,1-2H3/b18-16+. The van der Waals surface area contributed by atoms with Gasteiger partial charge < -0.3 is 0 Å². The Morgan fingerprint density at radius 1 is 1.17 bits per heavy atom. The van der Waals surface area contributed by atoms with Crippen molar-refractivity contribution in [2.75, 3.05) is 0 Å². The Morgan fingerprint density at radius 3 is 2.57 bits per heavy atom. The Kier molecular flexibility index (Phi) is 4.40. The molecule has 1 aliphatic rings. The molecule has 0 saturated carbocycles. The second kappa shape index (κ2) is 6.19. The van der Waals surface area contributed by atoms with Crippen LogP contribution in [0.25, 0.3) is 0 Å². The fraction of sp³-hybridized carbons (Fsp3) is 0.188. The van der Waals surface area contributed by atoms with Crippen LogP contribution in [0.4, 0.5) is 0 Å². The molecule has 0 fully saturated rings. The molecule has 4 nitrogen and oxygen atoms in total. The van der Waals surface area contributed by atoms with Crippen molar-refractivity contribution in [2.45, 2.75) is 28.9 Å². The van der Waals surface area contributed by atoms with Gasteiger partial charge in [0.15, 0.2) is 0 Å². The first-order valence-electron chi connectivity index (χ1n) is 6.91. The molecule has 1 aliphatic heterocycles. The third-order valence-electron chi connectivity index (χ3n) is 3.45. The van der Waals surface area contributed by atoms with Crippen molar-refractivity contribution in [1.82, 2.24) is 0 Å². The summed E-state index contributed by atoms with van der Waals surface area (Å²) in [6.07, 6.45) is 0. The first-order valence-corrected chi connectivity index (χ1v) is 9.58. The summed E-state index contributed by atoms with van der Waals surface area (Å²) >= 11 is 7.61. The number of fused-ring (bicyclic) bond motifs is 1. The zero-order chi connectivity index (χ0) is 16.6. The molecule has 0 N–H and O–H groups in total. The lowest BCUT2D eigenvalue weighted by Crippen LogP contribution is -2.12. The highest BCUT2D eigenvalue weighted by molar-refractivity contribution is 8.01. The Balaban J connectivity index is 1.91. The summed E-state index contributed by atoms with van der Waals surface area (Å²) in [5.41, 5.74) is 2.36. The molecule has 2 aromatic carbocycles. The highest BCUT2D eigenvalue weighted by atomic mass is 35.5. The summed E-state index contributed by atoms with van der Waals surface area (Å²) in [7, 11) is -3.93. The third-order valence-corrected chi connectivity index (χ3v) is 5.99. The molecule has 0 aromatic heterocycles. The van der Waals surface area contributed by atoms with Gasteiger partial charge in [0.2, 0.25) is 0 Å². The van der Waals surface area contributed by atoms with E-state index in [1.165, 1.54) is 12.1 Å². The van der Waals surface area contributed by atoms with Gasteiger partial charge in [-0.25, -0.2) is 0 Å². The lowest BCUT2D eigenvalue weighted by Gasteiger charge is -2.05. The molecule has 0 aliphatic carbocycles. The van der Waals surface area contributed by atoms with Crippen LogP contribution in [0, 0.1) is 6.92 Å². The van der Waals surface area contributed by atoms with Crippen molar-refractivity contribution in [3.8, 4) is 0 Å². The summed E-state index contributed by atoms with van der Waals surface area (Å²) in [5, 5.41) is 4.48. The van der Waals surface area contributed by atoms with Gasteiger partial charge in [-0.05, 0) is 44.2 Å². The molecule has 1 unspecified atom stereocenters. The fourth-order valence-electron chi connectivity index (χ4n) is 2.23. The van der Waals surface area contributed by atoms with Gasteiger partial charge in [-0.2, -0.15) is 8.42 Å².